The molecule has 0 aromatic heterocycles. The number of carbonyl (C=O) groups is 1. The van der Waals surface area contributed by atoms with E-state index in [9.17, 15) is 13.2 Å². The molecular formula is C17H15Cl4NO4S. The topological polar surface area (TPSA) is 63.7 Å². The van der Waals surface area contributed by atoms with Crippen molar-refractivity contribution >= 4 is 68.1 Å². The van der Waals surface area contributed by atoms with Crippen LogP contribution in [0, 0.1) is 0 Å². The number of hydrogen-bond acceptors (Lipinski definition) is 4. The Morgan fingerprint density at radius 1 is 1.00 bits per heavy atom. The molecule has 0 aliphatic carbocycles. The number of sulfonamides is 1. The Morgan fingerprint density at radius 2 is 1.56 bits per heavy atom. The van der Waals surface area contributed by atoms with Crippen LogP contribution < -0.4 is 4.31 Å². The van der Waals surface area contributed by atoms with Crippen molar-refractivity contribution in [3.63, 3.8) is 0 Å². The molecule has 10 heteroatoms. The van der Waals surface area contributed by atoms with Gasteiger partial charge in [0.2, 0.25) is 0 Å². The second-order valence-corrected chi connectivity index (χ2v) is 9.24. The largest absolute Gasteiger partial charge is 0.462 e. The molecule has 2 rings (SSSR count). The van der Waals surface area contributed by atoms with Gasteiger partial charge in [0.25, 0.3) is 10.0 Å². The molecule has 0 saturated heterocycles. The average Bonchev–Trinajstić information content (AvgIpc) is 2.56. The second-order valence-electron chi connectivity index (χ2n) is 5.72. The summed E-state index contributed by atoms with van der Waals surface area (Å²) in [5.41, 5.74) is 0.0147. The number of carbonyl (C=O) groups excluding carboxylic acids is 1. The van der Waals surface area contributed by atoms with Crippen LogP contribution in [0.1, 0.15) is 13.8 Å². The monoisotopic (exact) mass is 469 g/mol. The van der Waals surface area contributed by atoms with Gasteiger partial charge in [-0.1, -0.05) is 46.4 Å². The van der Waals surface area contributed by atoms with E-state index in [-0.39, 0.29) is 30.7 Å². The average molecular weight is 471 g/mol. The predicted octanol–water partition coefficient (Wildman–Crippen LogP) is 5.45. The van der Waals surface area contributed by atoms with Gasteiger partial charge in [0.1, 0.15) is 11.4 Å². The molecule has 0 aliphatic heterocycles. The molecule has 0 amide bonds. The summed E-state index contributed by atoms with van der Waals surface area (Å²) >= 11 is 24.1. The van der Waals surface area contributed by atoms with Crippen molar-refractivity contribution in [3.05, 3.63) is 56.5 Å². The highest BCUT2D eigenvalue weighted by Gasteiger charge is 2.31. The van der Waals surface area contributed by atoms with Crippen LogP contribution in [-0.4, -0.2) is 27.0 Å². The standard InChI is InChI=1S/C17H15Cl4NO4S/c1-10(2)26-17(23)9-22(15-7-11(18)3-5-13(15)20)27(24,25)16-8-12(19)4-6-14(16)21/h3-8,10H,9H2,1-2H3. The van der Waals surface area contributed by atoms with Gasteiger partial charge in [-0.15, -0.1) is 0 Å². The van der Waals surface area contributed by atoms with E-state index < -0.39 is 28.6 Å². The fourth-order valence-electron chi connectivity index (χ4n) is 2.19. The molecule has 0 heterocycles. The molecule has 27 heavy (non-hydrogen) atoms. The van der Waals surface area contributed by atoms with Gasteiger partial charge < -0.3 is 4.74 Å². The first-order valence-corrected chi connectivity index (χ1v) is 10.6. The van der Waals surface area contributed by atoms with Crippen molar-refractivity contribution in [3.8, 4) is 0 Å². The van der Waals surface area contributed by atoms with Gasteiger partial charge >= 0.3 is 5.97 Å². The lowest BCUT2D eigenvalue weighted by Crippen LogP contribution is -2.37. The van der Waals surface area contributed by atoms with E-state index in [0.29, 0.717) is 0 Å². The number of ether oxygens (including phenoxy) is 1. The van der Waals surface area contributed by atoms with Gasteiger partial charge in [-0.25, -0.2) is 8.42 Å². The van der Waals surface area contributed by atoms with Crippen LogP contribution in [0.4, 0.5) is 5.69 Å². The first kappa shape index (κ1) is 22.1. The molecule has 0 unspecified atom stereocenters. The molecule has 2 aromatic rings. The number of nitrogens with zero attached hydrogens (tertiary/aromatic N) is 1. The lowest BCUT2D eigenvalue weighted by Gasteiger charge is -2.25. The molecular weight excluding hydrogens is 456 g/mol. The highest BCUT2D eigenvalue weighted by molar-refractivity contribution is 7.93. The molecule has 146 valence electrons. The molecule has 0 N–H and O–H groups in total. The van der Waals surface area contributed by atoms with Crippen molar-refractivity contribution < 1.29 is 17.9 Å². The summed E-state index contributed by atoms with van der Waals surface area (Å²) in [7, 11) is -4.30. The van der Waals surface area contributed by atoms with Gasteiger partial charge in [0.05, 0.1) is 21.8 Å². The van der Waals surface area contributed by atoms with E-state index in [0.717, 1.165) is 4.31 Å². The van der Waals surface area contributed by atoms with E-state index in [2.05, 4.69) is 0 Å². The number of benzene rings is 2. The smallest absolute Gasteiger partial charge is 0.327 e. The Kier molecular flexibility index (Phi) is 7.27. The second kappa shape index (κ2) is 8.88. The van der Waals surface area contributed by atoms with E-state index in [1.165, 1.54) is 36.4 Å². The minimum atomic E-state index is -4.30. The van der Waals surface area contributed by atoms with Crippen LogP contribution >= 0.6 is 46.4 Å². The van der Waals surface area contributed by atoms with Gasteiger partial charge in [0.15, 0.2) is 0 Å². The van der Waals surface area contributed by atoms with E-state index >= 15 is 0 Å². The zero-order valence-electron chi connectivity index (χ0n) is 14.2. The predicted molar refractivity (Wildman–Crippen MR) is 109 cm³/mol. The van der Waals surface area contributed by atoms with Crippen LogP contribution in [0.5, 0.6) is 0 Å². The Labute approximate surface area is 177 Å². The maximum absolute atomic E-state index is 13.3. The maximum atomic E-state index is 13.3. The fourth-order valence-corrected chi connectivity index (χ4v) is 4.78. The quantitative estimate of drug-likeness (QED) is 0.526. The number of hydrogen-bond donors (Lipinski definition) is 0. The minimum Gasteiger partial charge on any atom is -0.462 e. The third kappa shape index (κ3) is 5.42. The molecule has 0 fully saturated rings. The first-order chi connectivity index (χ1) is 12.5. The first-order valence-electron chi connectivity index (χ1n) is 7.64. The molecule has 0 saturated carbocycles. The highest BCUT2D eigenvalue weighted by atomic mass is 35.5. The maximum Gasteiger partial charge on any atom is 0.327 e. The third-order valence-corrected chi connectivity index (χ3v) is 6.31. The number of halogens is 4. The van der Waals surface area contributed by atoms with Crippen molar-refractivity contribution in [1.29, 1.82) is 0 Å². The summed E-state index contributed by atoms with van der Waals surface area (Å²) < 4.78 is 32.4. The molecule has 5 nitrogen and oxygen atoms in total. The molecule has 0 spiro atoms. The summed E-state index contributed by atoms with van der Waals surface area (Å²) in [6.07, 6.45) is -0.424. The Hall–Kier alpha value is -1.18. The van der Waals surface area contributed by atoms with Gasteiger partial charge in [-0.05, 0) is 50.2 Å². The lowest BCUT2D eigenvalue weighted by atomic mass is 10.3. The van der Waals surface area contributed by atoms with Crippen LogP contribution in [-0.2, 0) is 19.6 Å². The van der Waals surface area contributed by atoms with Crippen LogP contribution in [0.25, 0.3) is 0 Å². The summed E-state index contributed by atoms with van der Waals surface area (Å²) in [4.78, 5) is 11.9. The Morgan fingerprint density at radius 3 is 2.15 bits per heavy atom. The van der Waals surface area contributed by atoms with Gasteiger partial charge in [-0.2, -0.15) is 0 Å². The summed E-state index contributed by atoms with van der Waals surface area (Å²) in [6, 6.07) is 8.25. The highest BCUT2D eigenvalue weighted by Crippen LogP contribution is 2.35. The van der Waals surface area contributed by atoms with Crippen LogP contribution in [0.2, 0.25) is 20.1 Å². The lowest BCUT2D eigenvalue weighted by molar-refractivity contribution is -0.145. The molecule has 0 aliphatic rings. The number of anilines is 1. The third-order valence-electron chi connectivity index (χ3n) is 3.28. The van der Waals surface area contributed by atoms with E-state index in [1.54, 1.807) is 13.8 Å². The summed E-state index contributed by atoms with van der Waals surface area (Å²) in [6.45, 7) is 2.68. The van der Waals surface area contributed by atoms with Crippen LogP contribution in [0.15, 0.2) is 41.3 Å². The SMILES string of the molecule is CC(C)OC(=O)CN(c1cc(Cl)ccc1Cl)S(=O)(=O)c1cc(Cl)ccc1Cl. The zero-order chi connectivity index (χ0) is 20.4. The van der Waals surface area contributed by atoms with Gasteiger partial charge in [-0.3, -0.25) is 9.10 Å². The van der Waals surface area contributed by atoms with Crippen molar-refractivity contribution in [2.75, 3.05) is 10.8 Å². The summed E-state index contributed by atoms with van der Waals surface area (Å²) in [5.74, 6) is -0.761. The minimum absolute atomic E-state index is 0.0147. The van der Waals surface area contributed by atoms with Crippen molar-refractivity contribution in [2.24, 2.45) is 0 Å². The Balaban J connectivity index is 2.62. The zero-order valence-corrected chi connectivity index (χ0v) is 18.1. The molecule has 0 atom stereocenters. The van der Waals surface area contributed by atoms with Crippen LogP contribution in [0.3, 0.4) is 0 Å². The van der Waals surface area contributed by atoms with Crippen molar-refractivity contribution in [1.82, 2.24) is 0 Å². The van der Waals surface area contributed by atoms with E-state index in [1.807, 2.05) is 0 Å². The normalized spacial score (nSPS) is 11.5. The van der Waals surface area contributed by atoms with E-state index in [4.69, 9.17) is 51.1 Å². The molecule has 0 radical (unpaired) electrons. The number of rotatable bonds is 6. The van der Waals surface area contributed by atoms with Crippen molar-refractivity contribution in [2.45, 2.75) is 24.8 Å². The fraction of sp³-hybridized carbons (Fsp3) is 0.235. The summed E-state index contributed by atoms with van der Waals surface area (Å²) in [5, 5.41) is 0.433. The molecule has 2 aromatic carbocycles. The number of esters is 1. The Bertz CT molecular complexity index is 963. The molecule has 0 bridgehead atoms. The van der Waals surface area contributed by atoms with Gasteiger partial charge in [0, 0.05) is 10.0 Å².